The van der Waals surface area contributed by atoms with Crippen LogP contribution in [0.2, 0.25) is 0 Å². The average molecular weight is 188 g/mol. The van der Waals surface area contributed by atoms with Crippen LogP contribution in [0.3, 0.4) is 0 Å². The zero-order chi connectivity index (χ0) is 10.3. The number of anilines is 2. The summed E-state index contributed by atoms with van der Waals surface area (Å²) in [5, 5.41) is 0.110. The van der Waals surface area contributed by atoms with E-state index in [1.807, 2.05) is 0 Å². The molecule has 0 unspecified atom stereocenters. The first-order chi connectivity index (χ1) is 6.59. The van der Waals surface area contributed by atoms with Crippen molar-refractivity contribution in [1.82, 2.24) is 9.97 Å². The molecule has 0 aliphatic carbocycles. The van der Waals surface area contributed by atoms with Gasteiger partial charge in [0.05, 0.1) is 10.9 Å². The normalized spacial score (nSPS) is 10.6. The Kier molecular flexibility index (Phi) is 1.77. The first kappa shape index (κ1) is 8.74. The molecule has 1 aromatic heterocycles. The number of rotatable bonds is 0. The molecule has 0 amide bonds. The molecule has 0 saturated carbocycles. The maximum atomic E-state index is 13.5. The molecule has 6 heteroatoms. The zero-order valence-electron chi connectivity index (χ0n) is 7.16. The van der Waals surface area contributed by atoms with Crippen LogP contribution in [0.1, 0.15) is 0 Å². The van der Waals surface area contributed by atoms with Crippen molar-refractivity contribution in [1.29, 1.82) is 0 Å². The fourth-order valence-electron chi connectivity index (χ4n) is 1.25. The number of benzene rings is 1. The van der Waals surface area contributed by atoms with E-state index >= 15 is 0 Å². The molecule has 1 aromatic carbocycles. The van der Waals surface area contributed by atoms with Crippen LogP contribution >= 0.6 is 0 Å². The lowest BCUT2D eigenvalue weighted by atomic mass is 9.94. The minimum absolute atomic E-state index is 0.00250. The number of hydrogen-bond donors (Lipinski definition) is 2. The molecule has 0 saturated heterocycles. The summed E-state index contributed by atoms with van der Waals surface area (Å²) in [6, 6.07) is 2.95. The van der Waals surface area contributed by atoms with Gasteiger partial charge in [-0.15, -0.1) is 0 Å². The second-order valence-corrected chi connectivity index (χ2v) is 2.83. The van der Waals surface area contributed by atoms with Crippen LogP contribution in [0.4, 0.5) is 16.2 Å². The van der Waals surface area contributed by atoms with Crippen molar-refractivity contribution < 1.29 is 4.39 Å². The monoisotopic (exact) mass is 188 g/mol. The van der Waals surface area contributed by atoms with E-state index in [9.17, 15) is 4.39 Å². The predicted molar refractivity (Wildman–Crippen MR) is 53.7 cm³/mol. The van der Waals surface area contributed by atoms with Crippen LogP contribution in [-0.2, 0) is 0 Å². The molecule has 0 bridgehead atoms. The Bertz CT molecular complexity index is 514. The van der Waals surface area contributed by atoms with E-state index in [2.05, 4.69) is 9.97 Å². The van der Waals surface area contributed by atoms with Crippen LogP contribution in [0, 0.1) is 5.82 Å². The van der Waals surface area contributed by atoms with Gasteiger partial charge in [-0.1, -0.05) is 11.5 Å². The van der Waals surface area contributed by atoms with E-state index in [-0.39, 0.29) is 22.6 Å². The standard InChI is InChI=1S/C8H6BFN4/c9-3-1-2-4-5(6(3)10)7(11)14-8(12)13-4/h1-2H,(H4,11,12,13,14). The summed E-state index contributed by atoms with van der Waals surface area (Å²) >= 11 is 0. The molecule has 0 atom stereocenters. The highest BCUT2D eigenvalue weighted by Gasteiger charge is 2.09. The Balaban J connectivity index is 2.95. The maximum Gasteiger partial charge on any atom is 0.222 e. The molecule has 2 radical (unpaired) electrons. The van der Waals surface area contributed by atoms with Gasteiger partial charge in [0, 0.05) is 0 Å². The third-order valence-corrected chi connectivity index (χ3v) is 1.88. The lowest BCUT2D eigenvalue weighted by molar-refractivity contribution is 0.647. The van der Waals surface area contributed by atoms with Crippen LogP contribution in [0.5, 0.6) is 0 Å². The molecule has 4 N–H and O–H groups in total. The van der Waals surface area contributed by atoms with Crippen molar-refractivity contribution in [2.45, 2.75) is 0 Å². The van der Waals surface area contributed by atoms with Gasteiger partial charge in [0.25, 0.3) is 0 Å². The van der Waals surface area contributed by atoms with E-state index in [0.29, 0.717) is 5.52 Å². The van der Waals surface area contributed by atoms with Crippen LogP contribution in [-0.4, -0.2) is 17.8 Å². The number of halogens is 1. The lowest BCUT2D eigenvalue weighted by Crippen LogP contribution is -2.11. The third-order valence-electron chi connectivity index (χ3n) is 1.88. The topological polar surface area (TPSA) is 77.8 Å². The first-order valence-electron chi connectivity index (χ1n) is 3.86. The minimum atomic E-state index is -0.611. The average Bonchev–Trinajstić information content (AvgIpc) is 2.10. The molecule has 0 fully saturated rings. The molecule has 1 heterocycles. The third kappa shape index (κ3) is 1.15. The number of aromatic nitrogens is 2. The highest BCUT2D eigenvalue weighted by molar-refractivity contribution is 6.33. The molecule has 0 spiro atoms. The number of nitrogen functional groups attached to an aromatic ring is 2. The minimum Gasteiger partial charge on any atom is -0.383 e. The van der Waals surface area contributed by atoms with Gasteiger partial charge in [-0.3, -0.25) is 0 Å². The van der Waals surface area contributed by atoms with Crippen LogP contribution in [0.15, 0.2) is 12.1 Å². The fraction of sp³-hybridized carbons (Fsp3) is 0. The Morgan fingerprint density at radius 3 is 2.64 bits per heavy atom. The quantitative estimate of drug-likeness (QED) is 0.557. The van der Waals surface area contributed by atoms with Crippen LogP contribution in [0.25, 0.3) is 10.9 Å². The van der Waals surface area contributed by atoms with Crippen LogP contribution < -0.4 is 16.9 Å². The molecule has 2 aromatic rings. The van der Waals surface area contributed by atoms with Crippen molar-refractivity contribution in [3.8, 4) is 0 Å². The largest absolute Gasteiger partial charge is 0.383 e. The molecule has 68 valence electrons. The highest BCUT2D eigenvalue weighted by atomic mass is 19.1. The summed E-state index contributed by atoms with van der Waals surface area (Å²) in [7, 11) is 5.38. The van der Waals surface area contributed by atoms with Gasteiger partial charge in [-0.2, -0.15) is 4.98 Å². The number of fused-ring (bicyclic) bond motifs is 1. The van der Waals surface area contributed by atoms with Gasteiger partial charge in [0.1, 0.15) is 19.5 Å². The number of nitrogens with two attached hydrogens (primary N) is 2. The molecule has 14 heavy (non-hydrogen) atoms. The number of nitrogens with zero attached hydrogens (tertiary/aromatic N) is 2. The summed E-state index contributed by atoms with van der Waals surface area (Å²) < 4.78 is 13.5. The molecular weight excluding hydrogens is 182 g/mol. The smallest absolute Gasteiger partial charge is 0.222 e. The second kappa shape index (κ2) is 2.83. The Hall–Kier alpha value is -1.85. The predicted octanol–water partition coefficient (Wildman–Crippen LogP) is -0.273. The molecule has 4 nitrogen and oxygen atoms in total. The van der Waals surface area contributed by atoms with E-state index in [0.717, 1.165) is 0 Å². The Morgan fingerprint density at radius 2 is 1.93 bits per heavy atom. The molecule has 0 aliphatic heterocycles. The van der Waals surface area contributed by atoms with Crippen molar-refractivity contribution in [2.24, 2.45) is 0 Å². The van der Waals surface area contributed by atoms with Crippen molar-refractivity contribution in [2.75, 3.05) is 11.5 Å². The van der Waals surface area contributed by atoms with Gasteiger partial charge < -0.3 is 11.5 Å². The highest BCUT2D eigenvalue weighted by Crippen LogP contribution is 2.19. The van der Waals surface area contributed by atoms with Gasteiger partial charge in [-0.05, 0) is 6.07 Å². The van der Waals surface area contributed by atoms with E-state index in [4.69, 9.17) is 19.3 Å². The molecule has 0 aliphatic rings. The SMILES string of the molecule is [B]c1ccc2nc(N)nc(N)c2c1F. The van der Waals surface area contributed by atoms with Gasteiger partial charge in [0.2, 0.25) is 5.95 Å². The summed E-state index contributed by atoms with van der Waals surface area (Å²) in [6.45, 7) is 0. The van der Waals surface area contributed by atoms with E-state index in [1.165, 1.54) is 6.07 Å². The fourth-order valence-corrected chi connectivity index (χ4v) is 1.25. The Labute approximate surface area is 80.5 Å². The van der Waals surface area contributed by atoms with Gasteiger partial charge >= 0.3 is 0 Å². The molecule has 2 rings (SSSR count). The molecular formula is C8H6BFN4. The van der Waals surface area contributed by atoms with Crippen molar-refractivity contribution >= 4 is 36.0 Å². The summed E-state index contributed by atoms with van der Waals surface area (Å²) in [6.07, 6.45) is 0. The zero-order valence-corrected chi connectivity index (χ0v) is 7.16. The maximum absolute atomic E-state index is 13.5. The van der Waals surface area contributed by atoms with E-state index < -0.39 is 5.82 Å². The van der Waals surface area contributed by atoms with E-state index in [1.54, 1.807) is 6.07 Å². The summed E-state index contributed by atoms with van der Waals surface area (Å²) in [4.78, 5) is 7.48. The van der Waals surface area contributed by atoms with Gasteiger partial charge in [0.15, 0.2) is 0 Å². The van der Waals surface area contributed by atoms with Gasteiger partial charge in [-0.25, -0.2) is 9.37 Å². The Morgan fingerprint density at radius 1 is 1.21 bits per heavy atom. The number of hydrogen-bond acceptors (Lipinski definition) is 4. The van der Waals surface area contributed by atoms with Crippen molar-refractivity contribution in [3.63, 3.8) is 0 Å². The first-order valence-corrected chi connectivity index (χ1v) is 3.86. The summed E-state index contributed by atoms with van der Waals surface area (Å²) in [5.41, 5.74) is 11.2. The summed E-state index contributed by atoms with van der Waals surface area (Å²) in [5.74, 6) is -0.600. The second-order valence-electron chi connectivity index (χ2n) is 2.83. The lowest BCUT2D eigenvalue weighted by Gasteiger charge is -2.05. The van der Waals surface area contributed by atoms with Crippen molar-refractivity contribution in [3.05, 3.63) is 17.9 Å².